The number of halogens is 1. The van der Waals surface area contributed by atoms with Gasteiger partial charge in [-0.05, 0) is 31.2 Å². The third kappa shape index (κ3) is 4.38. The van der Waals surface area contributed by atoms with Crippen LogP contribution in [0, 0.1) is 0 Å². The summed E-state index contributed by atoms with van der Waals surface area (Å²) in [7, 11) is 0. The number of H-pyrrole nitrogens is 1. The molecule has 2 N–H and O–H groups in total. The molecule has 0 aliphatic carbocycles. The van der Waals surface area contributed by atoms with Gasteiger partial charge >= 0.3 is 0 Å². The van der Waals surface area contributed by atoms with E-state index in [1.807, 2.05) is 31.2 Å². The monoisotopic (exact) mass is 337 g/mol. The summed E-state index contributed by atoms with van der Waals surface area (Å²) in [6.07, 6.45) is 3.70. The Bertz CT molecular complexity index is 540. The van der Waals surface area contributed by atoms with Crippen molar-refractivity contribution in [2.24, 2.45) is 0 Å². The van der Waals surface area contributed by atoms with Crippen molar-refractivity contribution in [1.82, 2.24) is 15.3 Å². The lowest BCUT2D eigenvalue weighted by molar-refractivity contribution is -0.122. The number of nitrogens with zero attached hydrogens (tertiary/aromatic N) is 1. The van der Waals surface area contributed by atoms with E-state index in [9.17, 15) is 4.79 Å². The standard InChI is InChI=1S/C14H16BrN3O2/c1-10(14-16-7-8-17-14)18-13(19)6-9-20-12-4-2-11(15)3-5-12/h2-5,7-8,10H,6,9H2,1H3,(H,16,17)(H,18,19). The van der Waals surface area contributed by atoms with Crippen LogP contribution in [-0.2, 0) is 4.79 Å². The molecule has 1 amide bonds. The Labute approximate surface area is 125 Å². The van der Waals surface area contributed by atoms with Crippen LogP contribution in [0.15, 0.2) is 41.1 Å². The minimum Gasteiger partial charge on any atom is -0.493 e. The molecule has 0 saturated carbocycles. The molecule has 1 aromatic carbocycles. The van der Waals surface area contributed by atoms with Gasteiger partial charge in [-0.3, -0.25) is 4.79 Å². The number of aromatic amines is 1. The van der Waals surface area contributed by atoms with Crippen LogP contribution in [0.1, 0.15) is 25.2 Å². The van der Waals surface area contributed by atoms with Gasteiger partial charge in [0.1, 0.15) is 11.6 Å². The van der Waals surface area contributed by atoms with Gasteiger partial charge in [-0.2, -0.15) is 0 Å². The Morgan fingerprint density at radius 3 is 2.85 bits per heavy atom. The Morgan fingerprint density at radius 2 is 2.20 bits per heavy atom. The van der Waals surface area contributed by atoms with Crippen molar-refractivity contribution >= 4 is 21.8 Å². The van der Waals surface area contributed by atoms with Crippen LogP contribution in [0.2, 0.25) is 0 Å². The number of imidazole rings is 1. The molecule has 106 valence electrons. The lowest BCUT2D eigenvalue weighted by atomic mass is 10.3. The van der Waals surface area contributed by atoms with E-state index in [0.29, 0.717) is 13.0 Å². The first-order valence-corrected chi connectivity index (χ1v) is 7.11. The van der Waals surface area contributed by atoms with Crippen molar-refractivity contribution in [1.29, 1.82) is 0 Å². The van der Waals surface area contributed by atoms with E-state index in [1.165, 1.54) is 0 Å². The molecule has 1 atom stereocenters. The first kappa shape index (κ1) is 14.6. The summed E-state index contributed by atoms with van der Waals surface area (Å²) in [5.74, 6) is 1.43. The minimum absolute atomic E-state index is 0.0639. The number of benzene rings is 1. The molecule has 5 nitrogen and oxygen atoms in total. The van der Waals surface area contributed by atoms with Gasteiger partial charge < -0.3 is 15.0 Å². The highest BCUT2D eigenvalue weighted by molar-refractivity contribution is 9.10. The van der Waals surface area contributed by atoms with Crippen molar-refractivity contribution < 1.29 is 9.53 Å². The summed E-state index contributed by atoms with van der Waals surface area (Å²) in [4.78, 5) is 18.8. The summed E-state index contributed by atoms with van der Waals surface area (Å²) in [6, 6.07) is 7.37. The zero-order valence-corrected chi connectivity index (χ0v) is 12.7. The lowest BCUT2D eigenvalue weighted by Crippen LogP contribution is -2.28. The van der Waals surface area contributed by atoms with Gasteiger partial charge in [-0.25, -0.2) is 4.98 Å². The highest BCUT2D eigenvalue weighted by Crippen LogP contribution is 2.16. The third-order valence-corrected chi connectivity index (χ3v) is 3.25. The van der Waals surface area contributed by atoms with E-state index in [2.05, 4.69) is 31.2 Å². The molecule has 20 heavy (non-hydrogen) atoms. The Hall–Kier alpha value is -1.82. The number of hydrogen-bond donors (Lipinski definition) is 2. The summed E-state index contributed by atoms with van der Waals surface area (Å²) >= 11 is 3.35. The van der Waals surface area contributed by atoms with Crippen molar-refractivity contribution in [2.45, 2.75) is 19.4 Å². The van der Waals surface area contributed by atoms with Crippen LogP contribution in [0.3, 0.4) is 0 Å². The van der Waals surface area contributed by atoms with Gasteiger partial charge in [0.15, 0.2) is 0 Å². The Kier molecular flexibility index (Phi) is 5.17. The predicted molar refractivity (Wildman–Crippen MR) is 79.4 cm³/mol. The fourth-order valence-corrected chi connectivity index (χ4v) is 1.95. The molecule has 0 aliphatic rings. The topological polar surface area (TPSA) is 67.0 Å². The van der Waals surface area contributed by atoms with Crippen molar-refractivity contribution in [3.8, 4) is 5.75 Å². The summed E-state index contributed by atoms with van der Waals surface area (Å²) in [5, 5.41) is 2.86. The maximum Gasteiger partial charge on any atom is 0.224 e. The van der Waals surface area contributed by atoms with E-state index in [4.69, 9.17) is 4.74 Å². The van der Waals surface area contributed by atoms with Crippen LogP contribution >= 0.6 is 15.9 Å². The molecule has 0 radical (unpaired) electrons. The smallest absolute Gasteiger partial charge is 0.224 e. The number of hydrogen-bond acceptors (Lipinski definition) is 3. The summed E-state index contributed by atoms with van der Waals surface area (Å²) < 4.78 is 6.49. The molecule has 0 saturated heterocycles. The molecular weight excluding hydrogens is 322 g/mol. The Morgan fingerprint density at radius 1 is 1.45 bits per heavy atom. The van der Waals surface area contributed by atoms with Crippen LogP contribution in [0.5, 0.6) is 5.75 Å². The van der Waals surface area contributed by atoms with Crippen LogP contribution in [-0.4, -0.2) is 22.5 Å². The summed E-state index contributed by atoms with van der Waals surface area (Å²) in [6.45, 7) is 2.23. The number of aromatic nitrogens is 2. The van der Waals surface area contributed by atoms with E-state index in [0.717, 1.165) is 16.0 Å². The first-order chi connectivity index (χ1) is 9.65. The molecular formula is C14H16BrN3O2. The molecule has 0 bridgehead atoms. The second-order valence-electron chi connectivity index (χ2n) is 4.32. The first-order valence-electron chi connectivity index (χ1n) is 6.32. The average Bonchev–Trinajstić information content (AvgIpc) is 2.95. The molecule has 1 unspecified atom stereocenters. The quantitative estimate of drug-likeness (QED) is 0.851. The van der Waals surface area contributed by atoms with E-state index < -0.39 is 0 Å². The van der Waals surface area contributed by atoms with Gasteiger partial charge in [0.2, 0.25) is 5.91 Å². The molecule has 2 aromatic rings. The SMILES string of the molecule is CC(NC(=O)CCOc1ccc(Br)cc1)c1ncc[nH]1. The normalized spacial score (nSPS) is 11.9. The molecule has 0 spiro atoms. The maximum absolute atomic E-state index is 11.8. The fraction of sp³-hybridized carbons (Fsp3) is 0.286. The van der Waals surface area contributed by atoms with E-state index >= 15 is 0 Å². The number of amides is 1. The van der Waals surface area contributed by atoms with Crippen molar-refractivity contribution in [2.75, 3.05) is 6.61 Å². The second kappa shape index (κ2) is 7.09. The number of ether oxygens (including phenoxy) is 1. The lowest BCUT2D eigenvalue weighted by Gasteiger charge is -2.12. The third-order valence-electron chi connectivity index (χ3n) is 2.72. The van der Waals surface area contributed by atoms with Crippen molar-refractivity contribution in [3.05, 3.63) is 47.0 Å². The largest absolute Gasteiger partial charge is 0.493 e. The zero-order valence-electron chi connectivity index (χ0n) is 11.1. The molecule has 2 rings (SSSR count). The summed E-state index contributed by atoms with van der Waals surface area (Å²) in [5.41, 5.74) is 0. The number of nitrogens with one attached hydrogen (secondary N) is 2. The number of rotatable bonds is 6. The zero-order chi connectivity index (χ0) is 14.4. The maximum atomic E-state index is 11.8. The van der Waals surface area contributed by atoms with Crippen molar-refractivity contribution in [3.63, 3.8) is 0 Å². The molecule has 6 heteroatoms. The van der Waals surface area contributed by atoms with Gasteiger partial charge in [-0.1, -0.05) is 15.9 Å². The van der Waals surface area contributed by atoms with Gasteiger partial charge in [0.25, 0.3) is 0 Å². The number of carbonyl (C=O) groups excluding carboxylic acids is 1. The average molecular weight is 338 g/mol. The Balaban J connectivity index is 1.71. The predicted octanol–water partition coefficient (Wildman–Crippen LogP) is 2.82. The fourth-order valence-electron chi connectivity index (χ4n) is 1.69. The van der Waals surface area contributed by atoms with Crippen LogP contribution in [0.25, 0.3) is 0 Å². The van der Waals surface area contributed by atoms with Gasteiger partial charge in [-0.15, -0.1) is 0 Å². The number of carbonyl (C=O) groups is 1. The molecule has 1 aromatic heterocycles. The van der Waals surface area contributed by atoms with E-state index in [1.54, 1.807) is 12.4 Å². The molecule has 0 aliphatic heterocycles. The van der Waals surface area contributed by atoms with E-state index in [-0.39, 0.29) is 11.9 Å². The van der Waals surface area contributed by atoms with Crippen LogP contribution in [0.4, 0.5) is 0 Å². The molecule has 1 heterocycles. The highest BCUT2D eigenvalue weighted by atomic mass is 79.9. The minimum atomic E-state index is -0.134. The second-order valence-corrected chi connectivity index (χ2v) is 5.23. The van der Waals surface area contributed by atoms with Crippen LogP contribution < -0.4 is 10.1 Å². The van der Waals surface area contributed by atoms with Gasteiger partial charge in [0, 0.05) is 16.9 Å². The molecule has 0 fully saturated rings. The highest BCUT2D eigenvalue weighted by Gasteiger charge is 2.11. The van der Waals surface area contributed by atoms with Gasteiger partial charge in [0.05, 0.1) is 19.1 Å².